The fraction of sp³-hybridized carbons (Fsp3) is 0.579. The molecule has 2 aromatic heterocycles. The molecule has 0 aromatic carbocycles. The van der Waals surface area contributed by atoms with Gasteiger partial charge in [0.2, 0.25) is 5.71 Å². The zero-order chi connectivity index (χ0) is 21.0. The molecule has 2 aromatic rings. The van der Waals surface area contributed by atoms with Crippen molar-refractivity contribution in [2.45, 2.75) is 26.8 Å². The summed E-state index contributed by atoms with van der Waals surface area (Å²) in [6.07, 6.45) is 1.70. The number of aryl methyl sites for hydroxylation is 2. The molecule has 0 unspecified atom stereocenters. The van der Waals surface area contributed by atoms with Gasteiger partial charge >= 0.3 is 6.09 Å². The van der Waals surface area contributed by atoms with E-state index in [9.17, 15) is 14.4 Å². The van der Waals surface area contributed by atoms with E-state index in [0.717, 1.165) is 0 Å². The highest BCUT2D eigenvalue weighted by atomic mass is 16.6. The monoisotopic (exact) mass is 406 g/mol. The first-order valence-electron chi connectivity index (χ1n) is 9.66. The number of hydrogen-bond acceptors (Lipinski definition) is 7. The molecule has 2 amide bonds. The second kappa shape index (κ2) is 9.08. The van der Waals surface area contributed by atoms with Crippen molar-refractivity contribution in [3.8, 4) is 0 Å². The maximum Gasteiger partial charge on any atom is 0.409 e. The van der Waals surface area contributed by atoms with E-state index in [-0.39, 0.29) is 34.2 Å². The molecule has 3 heterocycles. The van der Waals surface area contributed by atoms with Crippen LogP contribution in [0.15, 0.2) is 15.5 Å². The van der Waals surface area contributed by atoms with Crippen molar-refractivity contribution in [3.63, 3.8) is 0 Å². The molecule has 10 nitrogen and oxygen atoms in total. The summed E-state index contributed by atoms with van der Waals surface area (Å²) in [6, 6.07) is 0. The Kier molecular flexibility index (Phi) is 6.53. The van der Waals surface area contributed by atoms with Crippen LogP contribution in [-0.4, -0.2) is 77.9 Å². The van der Waals surface area contributed by atoms with Crippen LogP contribution in [-0.2, 0) is 16.0 Å². The number of nitrogens with zero attached hydrogens (tertiary/aromatic N) is 4. The predicted molar refractivity (Wildman–Crippen MR) is 104 cm³/mol. The molecule has 0 bridgehead atoms. The minimum absolute atomic E-state index is 0.156. The maximum atomic E-state index is 13.2. The molecule has 158 valence electrons. The lowest BCUT2D eigenvalue weighted by Crippen LogP contribution is -2.50. The third-order valence-corrected chi connectivity index (χ3v) is 4.91. The highest BCUT2D eigenvalue weighted by Gasteiger charge is 2.30. The smallest absolute Gasteiger partial charge is 0.409 e. The summed E-state index contributed by atoms with van der Waals surface area (Å²) < 4.78 is 17.1. The first-order valence-corrected chi connectivity index (χ1v) is 9.66. The van der Waals surface area contributed by atoms with Gasteiger partial charge in [-0.2, -0.15) is 0 Å². The number of furan rings is 1. The molecular formula is C19H26N4O6. The van der Waals surface area contributed by atoms with Crippen molar-refractivity contribution in [1.29, 1.82) is 0 Å². The SMILES string of the molecule is CCOC(=O)N1CCN(C(=O)c2c(C)oc3ncn(CCCOC)c(=O)c23)CC1. The van der Waals surface area contributed by atoms with Crippen LogP contribution in [0.5, 0.6) is 0 Å². The lowest BCUT2D eigenvalue weighted by Gasteiger charge is -2.34. The van der Waals surface area contributed by atoms with Gasteiger partial charge in [0.25, 0.3) is 11.5 Å². The van der Waals surface area contributed by atoms with Gasteiger partial charge < -0.3 is 23.7 Å². The highest BCUT2D eigenvalue weighted by molar-refractivity contribution is 6.06. The summed E-state index contributed by atoms with van der Waals surface area (Å²) in [6.45, 7) is 6.12. The Balaban J connectivity index is 1.83. The Morgan fingerprint density at radius 2 is 1.90 bits per heavy atom. The summed E-state index contributed by atoms with van der Waals surface area (Å²) in [5.74, 6) is 0.0652. The van der Waals surface area contributed by atoms with Gasteiger partial charge in [-0.1, -0.05) is 0 Å². The average Bonchev–Trinajstić information content (AvgIpc) is 3.06. The minimum Gasteiger partial charge on any atom is -0.450 e. The van der Waals surface area contributed by atoms with Gasteiger partial charge in [-0.25, -0.2) is 9.78 Å². The third kappa shape index (κ3) is 4.26. The van der Waals surface area contributed by atoms with E-state index < -0.39 is 0 Å². The van der Waals surface area contributed by atoms with E-state index in [2.05, 4.69) is 4.98 Å². The van der Waals surface area contributed by atoms with Crippen LogP contribution in [0.2, 0.25) is 0 Å². The van der Waals surface area contributed by atoms with E-state index in [4.69, 9.17) is 13.9 Å². The van der Waals surface area contributed by atoms with E-state index in [0.29, 0.717) is 58.1 Å². The first-order chi connectivity index (χ1) is 14.0. The quantitative estimate of drug-likeness (QED) is 0.665. The summed E-state index contributed by atoms with van der Waals surface area (Å²) >= 11 is 0. The largest absolute Gasteiger partial charge is 0.450 e. The van der Waals surface area contributed by atoms with Crippen LogP contribution in [0.25, 0.3) is 11.1 Å². The summed E-state index contributed by atoms with van der Waals surface area (Å²) in [4.78, 5) is 45.3. The minimum atomic E-state index is -0.382. The van der Waals surface area contributed by atoms with Gasteiger partial charge in [-0.3, -0.25) is 14.2 Å². The zero-order valence-electron chi connectivity index (χ0n) is 17.0. The average molecular weight is 406 g/mol. The highest BCUT2D eigenvalue weighted by Crippen LogP contribution is 2.23. The Hall–Kier alpha value is -2.88. The molecule has 10 heteroatoms. The fourth-order valence-electron chi connectivity index (χ4n) is 3.40. The van der Waals surface area contributed by atoms with Crippen molar-refractivity contribution >= 4 is 23.1 Å². The molecule has 3 rings (SSSR count). The Bertz CT molecular complexity index is 942. The second-order valence-corrected chi connectivity index (χ2v) is 6.78. The summed E-state index contributed by atoms with van der Waals surface area (Å²) in [7, 11) is 1.60. The molecule has 0 atom stereocenters. The van der Waals surface area contributed by atoms with Gasteiger partial charge in [-0.15, -0.1) is 0 Å². The number of carbonyl (C=O) groups excluding carboxylic acids is 2. The number of aromatic nitrogens is 2. The van der Waals surface area contributed by atoms with Crippen LogP contribution < -0.4 is 5.56 Å². The van der Waals surface area contributed by atoms with Crippen LogP contribution in [0.1, 0.15) is 29.5 Å². The van der Waals surface area contributed by atoms with E-state index >= 15 is 0 Å². The standard InChI is InChI=1S/C19H26N4O6/c1-4-28-19(26)22-9-7-21(8-10-22)17(24)14-13(2)29-16-15(14)18(25)23(12-20-16)6-5-11-27-3/h12H,4-11H2,1-3H3. The zero-order valence-corrected chi connectivity index (χ0v) is 17.0. The molecule has 0 spiro atoms. The number of ether oxygens (including phenoxy) is 2. The lowest BCUT2D eigenvalue weighted by molar-refractivity contribution is 0.0570. The number of methoxy groups -OCH3 is 1. The fourth-order valence-corrected chi connectivity index (χ4v) is 3.40. The number of carbonyl (C=O) groups is 2. The van der Waals surface area contributed by atoms with E-state index in [1.165, 1.54) is 10.9 Å². The van der Waals surface area contributed by atoms with Crippen molar-refractivity contribution in [2.24, 2.45) is 0 Å². The molecule has 1 aliphatic rings. The molecule has 1 fully saturated rings. The Labute approximate surface area is 168 Å². The summed E-state index contributed by atoms with van der Waals surface area (Å²) in [5, 5.41) is 0.195. The van der Waals surface area contributed by atoms with E-state index in [1.54, 1.807) is 30.8 Å². The van der Waals surface area contributed by atoms with Crippen LogP contribution in [0.4, 0.5) is 4.79 Å². The second-order valence-electron chi connectivity index (χ2n) is 6.78. The number of piperazine rings is 1. The third-order valence-electron chi connectivity index (χ3n) is 4.91. The van der Waals surface area contributed by atoms with Gasteiger partial charge in [0.05, 0.1) is 12.2 Å². The van der Waals surface area contributed by atoms with Gasteiger partial charge in [0.1, 0.15) is 17.5 Å². The molecule has 1 aliphatic heterocycles. The lowest BCUT2D eigenvalue weighted by atomic mass is 10.1. The predicted octanol–water partition coefficient (Wildman–Crippen LogP) is 1.25. The molecule has 1 saturated heterocycles. The molecule has 29 heavy (non-hydrogen) atoms. The normalized spacial score (nSPS) is 14.4. The van der Waals surface area contributed by atoms with Gasteiger partial charge in [0.15, 0.2) is 0 Å². The number of rotatable bonds is 6. The van der Waals surface area contributed by atoms with Crippen LogP contribution >= 0.6 is 0 Å². The van der Waals surface area contributed by atoms with Crippen molar-refractivity contribution in [3.05, 3.63) is 28.0 Å². The van der Waals surface area contributed by atoms with Crippen molar-refractivity contribution in [1.82, 2.24) is 19.4 Å². The number of hydrogen-bond donors (Lipinski definition) is 0. The van der Waals surface area contributed by atoms with Crippen LogP contribution in [0, 0.1) is 6.92 Å². The Morgan fingerprint density at radius 1 is 1.21 bits per heavy atom. The van der Waals surface area contributed by atoms with Crippen molar-refractivity contribution < 1.29 is 23.5 Å². The van der Waals surface area contributed by atoms with Gasteiger partial charge in [0, 0.05) is 46.4 Å². The molecular weight excluding hydrogens is 380 g/mol. The number of fused-ring (bicyclic) bond motifs is 1. The maximum absolute atomic E-state index is 13.2. The van der Waals surface area contributed by atoms with Crippen molar-refractivity contribution in [2.75, 3.05) is 46.5 Å². The first kappa shape index (κ1) is 20.8. The summed E-state index contributed by atoms with van der Waals surface area (Å²) in [5.41, 5.74) is 0.0867. The Morgan fingerprint density at radius 3 is 2.55 bits per heavy atom. The van der Waals surface area contributed by atoms with Crippen LogP contribution in [0.3, 0.4) is 0 Å². The molecule has 0 N–H and O–H groups in total. The molecule has 0 radical (unpaired) electrons. The van der Waals surface area contributed by atoms with E-state index in [1.807, 2.05) is 0 Å². The topological polar surface area (TPSA) is 107 Å². The molecule has 0 saturated carbocycles. The number of amides is 2. The van der Waals surface area contributed by atoms with Gasteiger partial charge in [-0.05, 0) is 20.3 Å². The molecule has 0 aliphatic carbocycles.